The maximum absolute atomic E-state index is 12.4. The third kappa shape index (κ3) is 2.41. The molecule has 0 radical (unpaired) electrons. The molecule has 3 saturated carbocycles. The lowest BCUT2D eigenvalue weighted by atomic mass is 9.43. The summed E-state index contributed by atoms with van der Waals surface area (Å²) in [6, 6.07) is 0. The molecule has 0 spiro atoms. The number of hydrogen-bond acceptors (Lipinski definition) is 4. The van der Waals surface area contributed by atoms with Crippen molar-refractivity contribution in [2.24, 2.45) is 34.5 Å². The molecule has 0 aromatic rings. The van der Waals surface area contributed by atoms with E-state index in [1.807, 2.05) is 6.08 Å². The number of aliphatic hydroxyl groups excluding tert-OH is 2. The second-order valence-electron chi connectivity index (χ2n) is 9.41. The van der Waals surface area contributed by atoms with Crippen LogP contribution in [0.5, 0.6) is 0 Å². The van der Waals surface area contributed by atoms with Gasteiger partial charge in [0.25, 0.3) is 0 Å². The fourth-order valence-electron chi connectivity index (χ4n) is 7.16. The lowest BCUT2D eigenvalue weighted by molar-refractivity contribution is -0.163. The summed E-state index contributed by atoms with van der Waals surface area (Å²) >= 11 is 0. The molecule has 26 heavy (non-hydrogen) atoms. The van der Waals surface area contributed by atoms with Gasteiger partial charge in [0, 0.05) is 17.3 Å². The van der Waals surface area contributed by atoms with Gasteiger partial charge in [-0.3, -0.25) is 9.59 Å². The molecule has 0 aromatic carbocycles. The Labute approximate surface area is 155 Å². The molecular formula is C22H30O4. The van der Waals surface area contributed by atoms with Gasteiger partial charge in [-0.15, -0.1) is 0 Å². The van der Waals surface area contributed by atoms with Crippen molar-refractivity contribution in [3.8, 4) is 0 Å². The van der Waals surface area contributed by atoms with Crippen LogP contribution in [0.25, 0.3) is 0 Å². The molecule has 0 aliphatic heterocycles. The van der Waals surface area contributed by atoms with E-state index in [1.165, 1.54) is 0 Å². The van der Waals surface area contributed by atoms with Gasteiger partial charge in [0.05, 0.1) is 6.10 Å². The van der Waals surface area contributed by atoms with E-state index < -0.39 is 12.7 Å². The minimum absolute atomic E-state index is 0.0531. The van der Waals surface area contributed by atoms with Crippen molar-refractivity contribution >= 4 is 11.6 Å². The molecule has 0 bridgehead atoms. The van der Waals surface area contributed by atoms with Crippen molar-refractivity contribution < 1.29 is 19.8 Å². The molecule has 0 amide bonds. The smallest absolute Gasteiger partial charge is 0.178 e. The summed E-state index contributed by atoms with van der Waals surface area (Å²) < 4.78 is 0. The Kier molecular flexibility index (Phi) is 4.27. The molecule has 2 N–H and O–H groups in total. The topological polar surface area (TPSA) is 74.6 Å². The summed E-state index contributed by atoms with van der Waals surface area (Å²) in [5.41, 5.74) is 0.670. The summed E-state index contributed by atoms with van der Waals surface area (Å²) in [7, 11) is 0. The van der Waals surface area contributed by atoms with Gasteiger partial charge in [0.2, 0.25) is 0 Å². The Balaban J connectivity index is 1.73. The monoisotopic (exact) mass is 358 g/mol. The Morgan fingerprint density at radius 1 is 1.27 bits per heavy atom. The van der Waals surface area contributed by atoms with Gasteiger partial charge in [-0.05, 0) is 61.5 Å². The molecule has 7 unspecified atom stereocenters. The van der Waals surface area contributed by atoms with Crippen molar-refractivity contribution in [2.75, 3.05) is 6.61 Å². The number of carbonyl (C=O) groups is 2. The van der Waals surface area contributed by atoms with Gasteiger partial charge in [-0.2, -0.15) is 0 Å². The first-order chi connectivity index (χ1) is 12.3. The van der Waals surface area contributed by atoms with E-state index in [0.717, 1.165) is 37.7 Å². The molecule has 0 heterocycles. The molecule has 7 atom stereocenters. The fourth-order valence-corrected chi connectivity index (χ4v) is 7.16. The van der Waals surface area contributed by atoms with Crippen LogP contribution in [0, 0.1) is 34.5 Å². The molecule has 4 rings (SSSR count). The minimum Gasteiger partial charge on any atom is -0.393 e. The molecule has 0 saturated heterocycles. The van der Waals surface area contributed by atoms with Crippen LogP contribution < -0.4 is 0 Å². The van der Waals surface area contributed by atoms with E-state index in [1.54, 1.807) is 12.2 Å². The second kappa shape index (κ2) is 6.13. The fraction of sp³-hybridized carbons (Fsp3) is 0.727. The molecular weight excluding hydrogens is 328 g/mol. The molecule has 3 fully saturated rings. The van der Waals surface area contributed by atoms with Crippen LogP contribution in [-0.4, -0.2) is 34.5 Å². The number of ketones is 2. The predicted molar refractivity (Wildman–Crippen MR) is 98.2 cm³/mol. The van der Waals surface area contributed by atoms with Crippen molar-refractivity contribution in [2.45, 2.75) is 58.5 Å². The zero-order valence-corrected chi connectivity index (χ0v) is 15.8. The van der Waals surface area contributed by atoms with Crippen LogP contribution in [0.2, 0.25) is 0 Å². The van der Waals surface area contributed by atoms with Gasteiger partial charge < -0.3 is 10.2 Å². The van der Waals surface area contributed by atoms with Gasteiger partial charge >= 0.3 is 0 Å². The lowest BCUT2D eigenvalue weighted by Crippen LogP contribution is -2.59. The first-order valence-corrected chi connectivity index (χ1v) is 10.1. The zero-order chi connectivity index (χ0) is 18.7. The Bertz CT molecular complexity index is 692. The summed E-state index contributed by atoms with van der Waals surface area (Å²) in [6.45, 7) is 3.94. The maximum atomic E-state index is 12.4. The van der Waals surface area contributed by atoms with E-state index in [2.05, 4.69) is 13.8 Å². The highest BCUT2D eigenvalue weighted by Crippen LogP contribution is 2.64. The van der Waals surface area contributed by atoms with Crippen LogP contribution in [-0.2, 0) is 9.59 Å². The quantitative estimate of drug-likeness (QED) is 0.796. The van der Waals surface area contributed by atoms with E-state index in [4.69, 9.17) is 0 Å². The van der Waals surface area contributed by atoms with Crippen molar-refractivity contribution in [1.29, 1.82) is 0 Å². The van der Waals surface area contributed by atoms with E-state index >= 15 is 0 Å². The summed E-state index contributed by atoms with van der Waals surface area (Å²) in [5, 5.41) is 20.7. The average Bonchev–Trinajstić information content (AvgIpc) is 2.60. The van der Waals surface area contributed by atoms with Gasteiger partial charge in [-0.1, -0.05) is 31.9 Å². The van der Waals surface area contributed by atoms with E-state index in [9.17, 15) is 19.8 Å². The van der Waals surface area contributed by atoms with Crippen molar-refractivity contribution in [1.82, 2.24) is 0 Å². The Morgan fingerprint density at radius 2 is 2.04 bits per heavy atom. The highest BCUT2D eigenvalue weighted by molar-refractivity contribution is 6.01. The van der Waals surface area contributed by atoms with Gasteiger partial charge in [0.15, 0.2) is 11.6 Å². The van der Waals surface area contributed by atoms with Crippen LogP contribution >= 0.6 is 0 Å². The first-order valence-electron chi connectivity index (χ1n) is 10.1. The normalized spacial score (nSPS) is 47.5. The first kappa shape index (κ1) is 18.1. The number of fused-ring (bicyclic) bond motifs is 5. The number of rotatable bonds is 2. The van der Waals surface area contributed by atoms with E-state index in [0.29, 0.717) is 18.3 Å². The molecule has 4 nitrogen and oxygen atoms in total. The number of carbonyl (C=O) groups excluding carboxylic acids is 2. The van der Waals surface area contributed by atoms with E-state index in [-0.39, 0.29) is 34.2 Å². The minimum atomic E-state index is -0.486. The average molecular weight is 358 g/mol. The van der Waals surface area contributed by atoms with Gasteiger partial charge in [0.1, 0.15) is 6.61 Å². The number of Topliss-reactive ketones (excluding diaryl/α,β-unsaturated/α-hetero) is 1. The van der Waals surface area contributed by atoms with Crippen LogP contribution in [0.4, 0.5) is 0 Å². The van der Waals surface area contributed by atoms with Crippen LogP contribution in [0.15, 0.2) is 23.8 Å². The summed E-state index contributed by atoms with van der Waals surface area (Å²) in [6.07, 6.45) is 10.4. The van der Waals surface area contributed by atoms with Gasteiger partial charge in [-0.25, -0.2) is 0 Å². The third-order valence-corrected chi connectivity index (χ3v) is 8.28. The maximum Gasteiger partial charge on any atom is 0.178 e. The Morgan fingerprint density at radius 3 is 2.77 bits per heavy atom. The lowest BCUT2D eigenvalue weighted by Gasteiger charge is -2.62. The van der Waals surface area contributed by atoms with Crippen molar-refractivity contribution in [3.63, 3.8) is 0 Å². The highest BCUT2D eigenvalue weighted by Gasteiger charge is 2.61. The van der Waals surface area contributed by atoms with Crippen LogP contribution in [0.3, 0.4) is 0 Å². The second-order valence-corrected chi connectivity index (χ2v) is 9.41. The largest absolute Gasteiger partial charge is 0.393 e. The summed E-state index contributed by atoms with van der Waals surface area (Å²) in [4.78, 5) is 24.3. The van der Waals surface area contributed by atoms with Crippen LogP contribution in [0.1, 0.15) is 52.4 Å². The molecule has 0 aromatic heterocycles. The molecule has 142 valence electrons. The molecule has 4 heteroatoms. The number of hydrogen-bond donors (Lipinski definition) is 2. The summed E-state index contributed by atoms with van der Waals surface area (Å²) in [5.74, 6) is 0.710. The van der Waals surface area contributed by atoms with Crippen molar-refractivity contribution in [3.05, 3.63) is 23.8 Å². The standard InChI is InChI=1S/C22H30O4/c1-21-9-8-14(24)10-13(21)6-7-15-16-4-3-5-17(19(26)12-23)22(16,2)11-18(25)20(15)21/h8-10,15-18,20,23,25H,3-7,11-12H2,1-2H3. The zero-order valence-electron chi connectivity index (χ0n) is 15.8. The third-order valence-electron chi connectivity index (χ3n) is 8.28. The predicted octanol–water partition coefficient (Wildman–Crippen LogP) is 2.83. The Hall–Kier alpha value is -1.26. The SMILES string of the molecule is CC12C=CC(=O)C=C1CCC1C2C(O)CC2(C)C(C(=O)CO)CCCC12. The number of allylic oxidation sites excluding steroid dienone is 4. The molecule has 4 aliphatic carbocycles. The molecule has 4 aliphatic rings. The highest BCUT2D eigenvalue weighted by atomic mass is 16.3. The number of aliphatic hydroxyl groups is 2.